The van der Waals surface area contributed by atoms with Crippen molar-refractivity contribution in [2.45, 2.75) is 115 Å². The number of ether oxygens (including phenoxy) is 2. The van der Waals surface area contributed by atoms with E-state index in [1.54, 1.807) is 26.8 Å². The lowest BCUT2D eigenvalue weighted by Crippen LogP contribution is -2.54. The van der Waals surface area contributed by atoms with Crippen molar-refractivity contribution in [1.82, 2.24) is 20.4 Å². The Labute approximate surface area is 267 Å². The molecule has 3 heterocycles. The van der Waals surface area contributed by atoms with Gasteiger partial charge in [0.25, 0.3) is 0 Å². The first-order chi connectivity index (χ1) is 21.7. The highest BCUT2D eigenvalue weighted by molar-refractivity contribution is 5.92. The largest absolute Gasteiger partial charge is 0.444 e. The van der Waals surface area contributed by atoms with Crippen molar-refractivity contribution in [3.8, 4) is 0 Å². The molecule has 1 aromatic carbocycles. The zero-order valence-corrected chi connectivity index (χ0v) is 26.5. The van der Waals surface area contributed by atoms with Crippen LogP contribution in [0.5, 0.6) is 0 Å². The fourth-order valence-corrected chi connectivity index (χ4v) is 6.43. The predicted molar refractivity (Wildman–Crippen MR) is 161 cm³/mol. The van der Waals surface area contributed by atoms with E-state index < -0.39 is 53.6 Å². The van der Waals surface area contributed by atoms with Crippen LogP contribution in [0.2, 0.25) is 0 Å². The van der Waals surface area contributed by atoms with E-state index in [9.17, 15) is 32.3 Å². The maximum Gasteiger partial charge on any atom is 0.416 e. The van der Waals surface area contributed by atoms with Crippen LogP contribution in [0.4, 0.5) is 22.8 Å². The van der Waals surface area contributed by atoms with E-state index in [2.05, 4.69) is 22.8 Å². The van der Waals surface area contributed by atoms with Crippen LogP contribution in [0, 0.1) is 5.92 Å². The van der Waals surface area contributed by atoms with Crippen molar-refractivity contribution >= 4 is 24.0 Å². The monoisotopic (exact) mass is 648 g/mol. The minimum Gasteiger partial charge on any atom is -0.444 e. The van der Waals surface area contributed by atoms with E-state index in [-0.39, 0.29) is 55.9 Å². The third-order valence-corrected chi connectivity index (χ3v) is 8.86. The summed E-state index contributed by atoms with van der Waals surface area (Å²) in [7, 11) is 0. The molecule has 2 N–H and O–H groups in total. The van der Waals surface area contributed by atoms with Crippen LogP contribution in [-0.2, 0) is 38.2 Å². The van der Waals surface area contributed by atoms with Crippen molar-refractivity contribution in [2.75, 3.05) is 13.1 Å². The lowest BCUT2D eigenvalue weighted by Gasteiger charge is -2.31. The van der Waals surface area contributed by atoms with E-state index in [4.69, 9.17) is 9.47 Å². The fraction of sp³-hybridized carbons (Fsp3) is 0.636. The SMILES string of the molecule is CC(C)(C)OC(=O)N[C@H]1CCCCC/C=C\[C@@H]2C[C@@H]2NC(=O)[C@@H]2C[C@@H](OC(=O)N3CCc4cccc(C(F)(F)F)c4C3)CN2C1=O. The molecule has 1 saturated heterocycles. The quantitative estimate of drug-likeness (QED) is 0.432. The number of rotatable bonds is 2. The molecule has 252 valence electrons. The van der Waals surface area contributed by atoms with Gasteiger partial charge in [-0.25, -0.2) is 9.59 Å². The Morgan fingerprint density at radius 1 is 1.07 bits per heavy atom. The Morgan fingerprint density at radius 2 is 1.85 bits per heavy atom. The Kier molecular flexibility index (Phi) is 9.88. The molecule has 4 amide bonds. The number of alkyl carbamates (subject to hydrolysis) is 1. The number of fused-ring (bicyclic) bond motifs is 3. The summed E-state index contributed by atoms with van der Waals surface area (Å²) < 4.78 is 52.2. The van der Waals surface area contributed by atoms with Crippen LogP contribution in [0.1, 0.15) is 82.4 Å². The Morgan fingerprint density at radius 3 is 2.59 bits per heavy atom. The summed E-state index contributed by atoms with van der Waals surface area (Å²) in [5.74, 6) is -0.634. The van der Waals surface area contributed by atoms with Crippen LogP contribution in [0.25, 0.3) is 0 Å². The minimum atomic E-state index is -4.57. The lowest BCUT2D eigenvalue weighted by atomic mass is 9.95. The molecule has 13 heteroatoms. The van der Waals surface area contributed by atoms with Gasteiger partial charge in [0, 0.05) is 25.6 Å². The number of carbonyl (C=O) groups excluding carboxylic acids is 4. The number of hydrogen-bond donors (Lipinski definition) is 2. The molecular weight excluding hydrogens is 605 g/mol. The first-order valence-corrected chi connectivity index (χ1v) is 16.1. The third-order valence-electron chi connectivity index (χ3n) is 8.86. The summed E-state index contributed by atoms with van der Waals surface area (Å²) in [6.07, 6.45) is 1.92. The molecule has 10 nitrogen and oxygen atoms in total. The molecule has 1 saturated carbocycles. The van der Waals surface area contributed by atoms with Gasteiger partial charge in [-0.3, -0.25) is 9.59 Å². The molecule has 46 heavy (non-hydrogen) atoms. The fourth-order valence-electron chi connectivity index (χ4n) is 6.43. The molecule has 0 unspecified atom stereocenters. The molecule has 1 aromatic rings. The van der Waals surface area contributed by atoms with Gasteiger partial charge in [0.05, 0.1) is 12.1 Å². The minimum absolute atomic E-state index is 0.0218. The molecule has 5 atom stereocenters. The Hall–Kier alpha value is -3.77. The number of halogens is 3. The third kappa shape index (κ3) is 8.33. The van der Waals surface area contributed by atoms with E-state index >= 15 is 0 Å². The molecular formula is C33H43F3N4O6. The average molecular weight is 649 g/mol. The second-order valence-corrected chi connectivity index (χ2v) is 13.6. The second-order valence-electron chi connectivity index (χ2n) is 13.6. The molecule has 4 aliphatic rings. The van der Waals surface area contributed by atoms with Gasteiger partial charge in [-0.1, -0.05) is 37.1 Å². The van der Waals surface area contributed by atoms with Crippen molar-refractivity contribution in [3.05, 3.63) is 47.0 Å². The molecule has 0 radical (unpaired) electrons. The highest BCUT2D eigenvalue weighted by atomic mass is 19.4. The first kappa shape index (κ1) is 33.6. The van der Waals surface area contributed by atoms with Gasteiger partial charge in [0.1, 0.15) is 23.8 Å². The summed E-state index contributed by atoms with van der Waals surface area (Å²) in [6.45, 7) is 4.96. The van der Waals surface area contributed by atoms with Crippen LogP contribution < -0.4 is 10.6 Å². The molecule has 2 fully saturated rings. The average Bonchev–Trinajstić information content (AvgIpc) is 3.56. The first-order valence-electron chi connectivity index (χ1n) is 16.1. The summed E-state index contributed by atoms with van der Waals surface area (Å²) in [5, 5.41) is 5.71. The van der Waals surface area contributed by atoms with Crippen molar-refractivity contribution < 1.29 is 41.8 Å². The van der Waals surface area contributed by atoms with Gasteiger partial charge < -0.3 is 29.9 Å². The van der Waals surface area contributed by atoms with Crippen molar-refractivity contribution in [3.63, 3.8) is 0 Å². The van der Waals surface area contributed by atoms with Gasteiger partial charge in [0.2, 0.25) is 11.8 Å². The van der Waals surface area contributed by atoms with Crippen LogP contribution in [-0.4, -0.2) is 76.7 Å². The Balaban J connectivity index is 1.32. The summed E-state index contributed by atoms with van der Waals surface area (Å²) in [6, 6.07) is 2.02. The maximum absolute atomic E-state index is 14.0. The zero-order chi connectivity index (χ0) is 33.2. The van der Waals surface area contributed by atoms with E-state index in [0.29, 0.717) is 18.4 Å². The number of benzene rings is 1. The zero-order valence-electron chi connectivity index (χ0n) is 26.5. The van der Waals surface area contributed by atoms with E-state index in [0.717, 1.165) is 31.7 Å². The van der Waals surface area contributed by atoms with E-state index in [1.165, 1.54) is 15.9 Å². The smallest absolute Gasteiger partial charge is 0.416 e. The van der Waals surface area contributed by atoms with Crippen LogP contribution >= 0.6 is 0 Å². The highest BCUT2D eigenvalue weighted by Crippen LogP contribution is 2.36. The molecule has 0 spiro atoms. The van der Waals surface area contributed by atoms with Gasteiger partial charge in [-0.2, -0.15) is 13.2 Å². The van der Waals surface area contributed by atoms with Gasteiger partial charge >= 0.3 is 18.4 Å². The molecule has 0 aromatic heterocycles. The van der Waals surface area contributed by atoms with Gasteiger partial charge in [-0.05, 0) is 76.0 Å². The second kappa shape index (κ2) is 13.5. The lowest BCUT2D eigenvalue weighted by molar-refractivity contribution is -0.140. The standard InChI is InChI=1S/C33H43F3N4O6/c1-32(2,3)46-30(43)38-25-13-8-6-4-5-7-10-21-16-26(21)37-28(41)27-17-22(18-40(27)29(25)42)45-31(44)39-15-14-20-11-9-12-24(23(20)19-39)33(34,35)36/h7,9-12,21-22,25-27H,4-6,8,13-19H2,1-3H3,(H,37,41)(H,38,43)/b10-7-/t21-,22-,25+,26+,27+/m1/s1. The summed E-state index contributed by atoms with van der Waals surface area (Å²) >= 11 is 0. The summed E-state index contributed by atoms with van der Waals surface area (Å²) in [5.41, 5.74) is -1.00. The van der Waals surface area contributed by atoms with Gasteiger partial charge in [0.15, 0.2) is 0 Å². The number of nitrogens with one attached hydrogen (secondary N) is 2. The number of carbonyl (C=O) groups is 4. The van der Waals surface area contributed by atoms with E-state index in [1.807, 2.05) is 0 Å². The van der Waals surface area contributed by atoms with Crippen LogP contribution in [0.3, 0.4) is 0 Å². The van der Waals surface area contributed by atoms with Gasteiger partial charge in [-0.15, -0.1) is 0 Å². The molecule has 0 bridgehead atoms. The molecule has 3 aliphatic heterocycles. The number of amides is 4. The number of allylic oxidation sites excluding steroid dienone is 1. The number of nitrogens with zero attached hydrogens (tertiary/aromatic N) is 2. The van der Waals surface area contributed by atoms with Crippen molar-refractivity contribution in [2.24, 2.45) is 5.92 Å². The highest BCUT2D eigenvalue weighted by Gasteiger charge is 2.46. The normalized spacial score (nSPS) is 28.0. The number of alkyl halides is 3. The topological polar surface area (TPSA) is 117 Å². The van der Waals surface area contributed by atoms with Crippen LogP contribution in [0.15, 0.2) is 30.4 Å². The maximum atomic E-state index is 14.0. The van der Waals surface area contributed by atoms with Crippen molar-refractivity contribution in [1.29, 1.82) is 0 Å². The summed E-state index contributed by atoms with van der Waals surface area (Å²) in [4.78, 5) is 56.1. The predicted octanol–water partition coefficient (Wildman–Crippen LogP) is 5.09. The Bertz CT molecular complexity index is 1360. The molecule has 1 aliphatic carbocycles. The number of hydrogen-bond acceptors (Lipinski definition) is 6. The molecule has 5 rings (SSSR count).